The summed E-state index contributed by atoms with van der Waals surface area (Å²) < 4.78 is 40.8. The molecule has 1 aliphatic rings. The molecule has 4 rings (SSSR count). The molecule has 1 saturated heterocycles. The van der Waals surface area contributed by atoms with Crippen LogP contribution in [0.1, 0.15) is 18.4 Å². The molecule has 1 aliphatic heterocycles. The molecule has 0 atom stereocenters. The average molecular weight is 441 g/mol. The van der Waals surface area contributed by atoms with E-state index in [2.05, 4.69) is 18.2 Å². The fourth-order valence-corrected chi connectivity index (χ4v) is 5.67. The van der Waals surface area contributed by atoms with Gasteiger partial charge in [0.05, 0.1) is 0 Å². The lowest BCUT2D eigenvalue weighted by atomic mass is 9.96. The number of carbonyl (C=O) groups is 1. The van der Waals surface area contributed by atoms with Gasteiger partial charge in [0.2, 0.25) is 15.9 Å². The van der Waals surface area contributed by atoms with Crippen LogP contribution in [0.25, 0.3) is 10.8 Å². The Labute approximate surface area is 182 Å². The van der Waals surface area contributed by atoms with Crippen molar-refractivity contribution in [3.8, 4) is 0 Å². The Balaban J connectivity index is 1.39. The van der Waals surface area contributed by atoms with Gasteiger partial charge in [-0.2, -0.15) is 4.31 Å². The minimum absolute atomic E-state index is 0.0103. The van der Waals surface area contributed by atoms with E-state index < -0.39 is 15.8 Å². The number of amides is 1. The molecular formula is C24H25FN2O3S. The zero-order valence-corrected chi connectivity index (χ0v) is 18.2. The van der Waals surface area contributed by atoms with Crippen molar-refractivity contribution in [3.63, 3.8) is 0 Å². The van der Waals surface area contributed by atoms with Gasteiger partial charge in [0, 0.05) is 32.6 Å². The Bertz CT molecular complexity index is 1200. The van der Waals surface area contributed by atoms with E-state index in [0.717, 1.165) is 22.4 Å². The molecule has 3 aromatic carbocycles. The molecule has 0 aromatic heterocycles. The van der Waals surface area contributed by atoms with Crippen molar-refractivity contribution in [3.05, 3.63) is 78.1 Å². The van der Waals surface area contributed by atoms with Crippen LogP contribution in [0.4, 0.5) is 4.39 Å². The van der Waals surface area contributed by atoms with Crippen LogP contribution >= 0.6 is 0 Å². The largest absolute Gasteiger partial charge is 0.341 e. The highest BCUT2D eigenvalue weighted by molar-refractivity contribution is 7.89. The molecule has 5 nitrogen and oxygen atoms in total. The predicted molar refractivity (Wildman–Crippen MR) is 118 cm³/mol. The van der Waals surface area contributed by atoms with Crippen molar-refractivity contribution < 1.29 is 17.6 Å². The highest BCUT2D eigenvalue weighted by Crippen LogP contribution is 2.26. The van der Waals surface area contributed by atoms with E-state index in [-0.39, 0.29) is 29.8 Å². The second kappa shape index (κ2) is 8.77. The third-order valence-corrected chi connectivity index (χ3v) is 7.80. The maximum absolute atomic E-state index is 14.0. The third-order valence-electron chi connectivity index (χ3n) is 5.87. The Morgan fingerprint density at radius 2 is 1.65 bits per heavy atom. The van der Waals surface area contributed by atoms with Crippen molar-refractivity contribution in [1.82, 2.24) is 9.21 Å². The smallest absolute Gasteiger partial charge is 0.245 e. The number of nitrogens with zero attached hydrogens (tertiary/aromatic N) is 2. The Morgan fingerprint density at radius 3 is 2.35 bits per heavy atom. The van der Waals surface area contributed by atoms with Gasteiger partial charge in [0.25, 0.3) is 0 Å². The van der Waals surface area contributed by atoms with Gasteiger partial charge >= 0.3 is 0 Å². The first-order chi connectivity index (χ1) is 14.9. The second-order valence-corrected chi connectivity index (χ2v) is 9.89. The Hall–Kier alpha value is -2.77. The van der Waals surface area contributed by atoms with Gasteiger partial charge in [-0.15, -0.1) is 0 Å². The summed E-state index contributed by atoms with van der Waals surface area (Å²) in [5.41, 5.74) is 1.05. The standard InChI is InChI=1S/C24H25FN2O3S/c1-26(17-18-10-11-19-6-2-3-7-21(19)16-18)24(28)20-12-14-27(15-13-20)31(29,30)23-9-5-4-8-22(23)25/h2-11,16,20H,12-15,17H2,1H3. The molecule has 7 heteroatoms. The summed E-state index contributed by atoms with van der Waals surface area (Å²) in [6.07, 6.45) is 0.850. The summed E-state index contributed by atoms with van der Waals surface area (Å²) >= 11 is 0. The lowest BCUT2D eigenvalue weighted by Crippen LogP contribution is -2.43. The molecule has 0 N–H and O–H groups in total. The van der Waals surface area contributed by atoms with Gasteiger partial charge in [0.1, 0.15) is 10.7 Å². The van der Waals surface area contributed by atoms with Crippen LogP contribution in [0.15, 0.2) is 71.6 Å². The predicted octanol–water partition coefficient (Wildman–Crippen LogP) is 4.04. The van der Waals surface area contributed by atoms with Crippen molar-refractivity contribution in [2.75, 3.05) is 20.1 Å². The van der Waals surface area contributed by atoms with Gasteiger partial charge < -0.3 is 4.90 Å². The molecular weight excluding hydrogens is 415 g/mol. The number of piperidine rings is 1. The summed E-state index contributed by atoms with van der Waals surface area (Å²) in [6.45, 7) is 0.908. The quantitative estimate of drug-likeness (QED) is 0.602. The first-order valence-corrected chi connectivity index (χ1v) is 11.8. The van der Waals surface area contributed by atoms with Gasteiger partial charge in [-0.3, -0.25) is 4.79 Å². The number of sulfonamides is 1. The monoisotopic (exact) mass is 440 g/mol. The van der Waals surface area contributed by atoms with Crippen LogP contribution in [-0.2, 0) is 21.4 Å². The molecule has 0 aliphatic carbocycles. The van der Waals surface area contributed by atoms with Crippen molar-refractivity contribution in [2.45, 2.75) is 24.3 Å². The van der Waals surface area contributed by atoms with Crippen molar-refractivity contribution >= 4 is 26.7 Å². The van der Waals surface area contributed by atoms with Crippen LogP contribution in [-0.4, -0.2) is 43.7 Å². The summed E-state index contributed by atoms with van der Waals surface area (Å²) in [7, 11) is -2.12. The van der Waals surface area contributed by atoms with E-state index in [1.807, 2.05) is 24.3 Å². The molecule has 3 aromatic rings. The van der Waals surface area contributed by atoms with Gasteiger partial charge in [-0.1, -0.05) is 48.5 Å². The van der Waals surface area contributed by atoms with Crippen LogP contribution in [0.5, 0.6) is 0 Å². The number of benzene rings is 3. The first-order valence-electron chi connectivity index (χ1n) is 10.3. The molecule has 1 fully saturated rings. The Morgan fingerprint density at radius 1 is 1.00 bits per heavy atom. The maximum Gasteiger partial charge on any atom is 0.245 e. The molecule has 31 heavy (non-hydrogen) atoms. The average Bonchev–Trinajstić information content (AvgIpc) is 2.78. The molecule has 1 amide bonds. The number of rotatable bonds is 5. The SMILES string of the molecule is CN(Cc1ccc2ccccc2c1)C(=O)C1CCN(S(=O)(=O)c2ccccc2F)CC1. The molecule has 0 saturated carbocycles. The summed E-state index contributed by atoms with van der Waals surface area (Å²) in [5, 5.41) is 2.29. The number of fused-ring (bicyclic) bond motifs is 1. The number of halogens is 1. The molecule has 1 heterocycles. The van der Waals surface area contributed by atoms with Crippen LogP contribution in [0.3, 0.4) is 0 Å². The minimum atomic E-state index is -3.90. The topological polar surface area (TPSA) is 57.7 Å². The minimum Gasteiger partial charge on any atom is -0.341 e. The van der Waals surface area contributed by atoms with E-state index in [1.54, 1.807) is 11.9 Å². The fourth-order valence-electron chi connectivity index (χ4n) is 4.14. The zero-order chi connectivity index (χ0) is 22.0. The first kappa shape index (κ1) is 21.5. The highest BCUT2D eigenvalue weighted by Gasteiger charge is 2.34. The lowest BCUT2D eigenvalue weighted by Gasteiger charge is -2.32. The fraction of sp³-hybridized carbons (Fsp3) is 0.292. The number of hydrogen-bond acceptors (Lipinski definition) is 3. The van der Waals surface area contributed by atoms with Gasteiger partial charge in [-0.05, 0) is 47.4 Å². The molecule has 0 unspecified atom stereocenters. The maximum atomic E-state index is 14.0. The van der Waals surface area contributed by atoms with E-state index in [1.165, 1.54) is 22.5 Å². The molecule has 162 valence electrons. The number of carbonyl (C=O) groups excluding carboxylic acids is 1. The van der Waals surface area contributed by atoms with Gasteiger partial charge in [-0.25, -0.2) is 12.8 Å². The third kappa shape index (κ3) is 4.48. The van der Waals surface area contributed by atoms with E-state index in [9.17, 15) is 17.6 Å². The highest BCUT2D eigenvalue weighted by atomic mass is 32.2. The second-order valence-electron chi connectivity index (χ2n) is 7.98. The molecule has 0 radical (unpaired) electrons. The van der Waals surface area contributed by atoms with E-state index in [4.69, 9.17) is 0 Å². The van der Waals surface area contributed by atoms with Crippen LogP contribution < -0.4 is 0 Å². The van der Waals surface area contributed by atoms with E-state index >= 15 is 0 Å². The normalized spacial score (nSPS) is 15.8. The van der Waals surface area contributed by atoms with Crippen LogP contribution in [0.2, 0.25) is 0 Å². The summed E-state index contributed by atoms with van der Waals surface area (Å²) in [4.78, 5) is 14.3. The lowest BCUT2D eigenvalue weighted by molar-refractivity contribution is -0.135. The Kier molecular flexibility index (Phi) is 6.07. The van der Waals surface area contributed by atoms with Crippen molar-refractivity contribution in [1.29, 1.82) is 0 Å². The molecule has 0 spiro atoms. The van der Waals surface area contributed by atoms with E-state index in [0.29, 0.717) is 19.4 Å². The van der Waals surface area contributed by atoms with Gasteiger partial charge in [0.15, 0.2) is 0 Å². The molecule has 0 bridgehead atoms. The number of hydrogen-bond donors (Lipinski definition) is 0. The summed E-state index contributed by atoms with van der Waals surface area (Å²) in [5.74, 6) is -0.982. The zero-order valence-electron chi connectivity index (χ0n) is 17.4. The summed E-state index contributed by atoms with van der Waals surface area (Å²) in [6, 6.07) is 19.6. The van der Waals surface area contributed by atoms with Crippen LogP contribution in [0, 0.1) is 11.7 Å². The van der Waals surface area contributed by atoms with Crippen molar-refractivity contribution in [2.24, 2.45) is 5.92 Å².